The average Bonchev–Trinajstić information content (AvgIpc) is 2.92. The van der Waals surface area contributed by atoms with Crippen molar-refractivity contribution in [2.24, 2.45) is 5.92 Å². The maximum atomic E-state index is 11.7. The van der Waals surface area contributed by atoms with Gasteiger partial charge in [-0.1, -0.05) is 37.3 Å². The van der Waals surface area contributed by atoms with E-state index in [0.717, 1.165) is 17.0 Å². The second-order valence-electron chi connectivity index (χ2n) is 5.48. The van der Waals surface area contributed by atoms with Crippen LogP contribution in [0.2, 0.25) is 0 Å². The van der Waals surface area contributed by atoms with Crippen molar-refractivity contribution in [3.05, 3.63) is 41.9 Å². The lowest BCUT2D eigenvalue weighted by atomic mass is 10.1. The van der Waals surface area contributed by atoms with E-state index in [1.54, 1.807) is 0 Å². The van der Waals surface area contributed by atoms with Gasteiger partial charge >= 0.3 is 0 Å². The van der Waals surface area contributed by atoms with Crippen molar-refractivity contribution in [1.82, 2.24) is 10.3 Å². The van der Waals surface area contributed by atoms with Crippen LogP contribution in [0.15, 0.2) is 34.7 Å². The summed E-state index contributed by atoms with van der Waals surface area (Å²) in [7, 11) is 0. The molecule has 0 saturated heterocycles. The maximum absolute atomic E-state index is 11.7. The van der Waals surface area contributed by atoms with Gasteiger partial charge in [-0.2, -0.15) is 0 Å². The summed E-state index contributed by atoms with van der Waals surface area (Å²) in [6.07, 6.45) is 0.791. The van der Waals surface area contributed by atoms with Crippen molar-refractivity contribution in [2.45, 2.75) is 26.7 Å². The number of oxazole rings is 1. The number of aliphatic hydroxyl groups is 1. The SMILES string of the molecule is Cc1nc(CCC(=O)NCC(C)CO)oc1-c1ccccc1. The monoisotopic (exact) mass is 302 g/mol. The predicted molar refractivity (Wildman–Crippen MR) is 84.3 cm³/mol. The van der Waals surface area contributed by atoms with Crippen LogP contribution in [-0.2, 0) is 11.2 Å². The molecule has 0 saturated carbocycles. The third-order valence-electron chi connectivity index (χ3n) is 3.40. The van der Waals surface area contributed by atoms with E-state index in [4.69, 9.17) is 9.52 Å². The Kier molecular flexibility index (Phi) is 5.72. The summed E-state index contributed by atoms with van der Waals surface area (Å²) in [4.78, 5) is 16.1. The minimum absolute atomic E-state index is 0.0579. The number of hydrogen-bond donors (Lipinski definition) is 2. The van der Waals surface area contributed by atoms with Crippen LogP contribution in [0.4, 0.5) is 0 Å². The van der Waals surface area contributed by atoms with Crippen LogP contribution in [0, 0.1) is 12.8 Å². The molecule has 0 aliphatic rings. The van der Waals surface area contributed by atoms with Crippen molar-refractivity contribution in [3.63, 3.8) is 0 Å². The maximum Gasteiger partial charge on any atom is 0.220 e. The molecule has 5 heteroatoms. The highest BCUT2D eigenvalue weighted by Crippen LogP contribution is 2.24. The van der Waals surface area contributed by atoms with E-state index < -0.39 is 0 Å². The van der Waals surface area contributed by atoms with Crippen molar-refractivity contribution < 1.29 is 14.3 Å². The highest BCUT2D eigenvalue weighted by atomic mass is 16.4. The summed E-state index contributed by atoms with van der Waals surface area (Å²) >= 11 is 0. The number of amides is 1. The first kappa shape index (κ1) is 16.2. The average molecular weight is 302 g/mol. The lowest BCUT2D eigenvalue weighted by Gasteiger charge is -2.08. The fourth-order valence-electron chi connectivity index (χ4n) is 2.08. The Labute approximate surface area is 130 Å². The van der Waals surface area contributed by atoms with Gasteiger partial charge in [0.25, 0.3) is 0 Å². The van der Waals surface area contributed by atoms with Crippen LogP contribution in [0.1, 0.15) is 24.9 Å². The number of aliphatic hydroxyl groups excluding tert-OH is 1. The van der Waals surface area contributed by atoms with Crippen molar-refractivity contribution in [2.75, 3.05) is 13.2 Å². The highest BCUT2D eigenvalue weighted by molar-refractivity contribution is 5.76. The summed E-state index contributed by atoms with van der Waals surface area (Å²) in [5, 5.41) is 11.7. The third kappa shape index (κ3) is 4.43. The minimum Gasteiger partial charge on any atom is -0.440 e. The quantitative estimate of drug-likeness (QED) is 0.823. The molecule has 0 spiro atoms. The molecule has 0 fully saturated rings. The smallest absolute Gasteiger partial charge is 0.220 e. The molecule has 5 nitrogen and oxygen atoms in total. The Morgan fingerprint density at radius 1 is 1.36 bits per heavy atom. The van der Waals surface area contributed by atoms with E-state index in [9.17, 15) is 4.79 Å². The number of nitrogens with one attached hydrogen (secondary N) is 1. The number of nitrogens with zero attached hydrogens (tertiary/aromatic N) is 1. The molecule has 1 aromatic heterocycles. The van der Waals surface area contributed by atoms with Crippen molar-refractivity contribution in [3.8, 4) is 11.3 Å². The van der Waals surface area contributed by atoms with Crippen LogP contribution < -0.4 is 5.32 Å². The molecule has 0 bridgehead atoms. The Bertz CT molecular complexity index is 608. The number of aryl methyl sites for hydroxylation is 2. The van der Waals surface area contributed by atoms with E-state index in [2.05, 4.69) is 10.3 Å². The van der Waals surface area contributed by atoms with Gasteiger partial charge in [-0.05, 0) is 12.8 Å². The number of aromatic nitrogens is 1. The molecular weight excluding hydrogens is 280 g/mol. The van der Waals surface area contributed by atoms with E-state index in [-0.39, 0.29) is 18.4 Å². The molecular formula is C17H22N2O3. The standard InChI is InChI=1S/C17H22N2O3/c1-12(11-20)10-18-15(21)8-9-16-19-13(2)17(22-16)14-6-4-3-5-7-14/h3-7,12,20H,8-11H2,1-2H3,(H,18,21). The fourth-order valence-corrected chi connectivity index (χ4v) is 2.08. The summed E-state index contributed by atoms with van der Waals surface area (Å²) in [5.41, 5.74) is 1.82. The van der Waals surface area contributed by atoms with Crippen LogP contribution >= 0.6 is 0 Å². The summed E-state index contributed by atoms with van der Waals surface area (Å²) < 4.78 is 5.77. The molecule has 2 N–H and O–H groups in total. The van der Waals surface area contributed by atoms with Crippen LogP contribution in [0.3, 0.4) is 0 Å². The molecule has 1 amide bonds. The number of benzene rings is 1. The molecule has 0 aliphatic carbocycles. The Morgan fingerprint density at radius 2 is 2.09 bits per heavy atom. The molecule has 1 heterocycles. The first-order valence-electron chi connectivity index (χ1n) is 7.49. The number of rotatable bonds is 7. The zero-order valence-corrected chi connectivity index (χ0v) is 13.0. The predicted octanol–water partition coefficient (Wildman–Crippen LogP) is 2.33. The Morgan fingerprint density at radius 3 is 2.77 bits per heavy atom. The van der Waals surface area contributed by atoms with Gasteiger partial charge in [0, 0.05) is 31.6 Å². The summed E-state index contributed by atoms with van der Waals surface area (Å²) in [5.74, 6) is 1.33. The van der Waals surface area contributed by atoms with Gasteiger partial charge in [-0.25, -0.2) is 4.98 Å². The molecule has 0 aliphatic heterocycles. The normalized spacial score (nSPS) is 12.1. The third-order valence-corrected chi connectivity index (χ3v) is 3.40. The number of hydrogen-bond acceptors (Lipinski definition) is 4. The first-order chi connectivity index (χ1) is 10.6. The van der Waals surface area contributed by atoms with Gasteiger partial charge in [0.15, 0.2) is 11.7 Å². The largest absolute Gasteiger partial charge is 0.440 e. The number of carbonyl (C=O) groups is 1. The zero-order valence-electron chi connectivity index (χ0n) is 13.0. The Balaban J connectivity index is 1.91. The Hall–Kier alpha value is -2.14. The molecule has 1 aromatic carbocycles. The van der Waals surface area contributed by atoms with E-state index >= 15 is 0 Å². The van der Waals surface area contributed by atoms with Gasteiger partial charge in [0.05, 0.1) is 5.69 Å². The molecule has 22 heavy (non-hydrogen) atoms. The van der Waals surface area contributed by atoms with Crippen molar-refractivity contribution in [1.29, 1.82) is 0 Å². The molecule has 118 valence electrons. The molecule has 2 rings (SSSR count). The van der Waals surface area contributed by atoms with Crippen molar-refractivity contribution >= 4 is 5.91 Å². The van der Waals surface area contributed by atoms with Gasteiger partial charge in [-0.15, -0.1) is 0 Å². The van der Waals surface area contributed by atoms with E-state index in [1.807, 2.05) is 44.2 Å². The molecule has 1 atom stereocenters. The number of carbonyl (C=O) groups excluding carboxylic acids is 1. The summed E-state index contributed by atoms with van der Waals surface area (Å²) in [6.45, 7) is 4.33. The van der Waals surface area contributed by atoms with Gasteiger partial charge in [0.2, 0.25) is 5.91 Å². The van der Waals surface area contributed by atoms with Crippen LogP contribution in [0.25, 0.3) is 11.3 Å². The van der Waals surface area contributed by atoms with E-state index in [1.165, 1.54) is 0 Å². The lowest BCUT2D eigenvalue weighted by Crippen LogP contribution is -2.29. The summed E-state index contributed by atoms with van der Waals surface area (Å²) in [6, 6.07) is 9.80. The van der Waals surface area contributed by atoms with Gasteiger partial charge in [-0.3, -0.25) is 4.79 Å². The topological polar surface area (TPSA) is 75.4 Å². The highest BCUT2D eigenvalue weighted by Gasteiger charge is 2.13. The van der Waals surface area contributed by atoms with Crippen LogP contribution in [0.5, 0.6) is 0 Å². The van der Waals surface area contributed by atoms with Crippen LogP contribution in [-0.4, -0.2) is 29.1 Å². The molecule has 2 aromatic rings. The lowest BCUT2D eigenvalue weighted by molar-refractivity contribution is -0.121. The van der Waals surface area contributed by atoms with Gasteiger partial charge < -0.3 is 14.8 Å². The second kappa shape index (κ2) is 7.75. The minimum atomic E-state index is -0.0579. The first-order valence-corrected chi connectivity index (χ1v) is 7.49. The second-order valence-corrected chi connectivity index (χ2v) is 5.48. The molecule has 1 unspecified atom stereocenters. The van der Waals surface area contributed by atoms with Gasteiger partial charge in [0.1, 0.15) is 0 Å². The molecule has 0 radical (unpaired) electrons. The fraction of sp³-hybridized carbons (Fsp3) is 0.412. The van der Waals surface area contributed by atoms with E-state index in [0.29, 0.717) is 25.3 Å². The zero-order chi connectivity index (χ0) is 15.9.